The van der Waals surface area contributed by atoms with Gasteiger partial charge >= 0.3 is 12.1 Å². The maximum Gasteiger partial charge on any atom is 0.408 e. The van der Waals surface area contributed by atoms with Crippen LogP contribution in [0.1, 0.15) is 17.5 Å². The number of rotatable bonds is 9. The lowest BCUT2D eigenvalue weighted by Crippen LogP contribution is -2.52. The summed E-state index contributed by atoms with van der Waals surface area (Å²) < 4.78 is 9.88. The SMILES string of the molecule is C#CC[C@H](NC(=O)[C@H](Cc1ccccc1)NC(=O)OCc1ccccc1)C(=O)OC. The lowest BCUT2D eigenvalue weighted by Gasteiger charge is -2.21. The molecule has 0 unspecified atom stereocenters. The third-order valence-corrected chi connectivity index (χ3v) is 4.23. The molecule has 2 amide bonds. The van der Waals surface area contributed by atoms with Gasteiger partial charge in [-0.05, 0) is 11.1 Å². The van der Waals surface area contributed by atoms with E-state index < -0.39 is 30.1 Å². The maximum absolute atomic E-state index is 12.8. The molecule has 0 saturated heterocycles. The average molecular weight is 408 g/mol. The number of nitrogens with one attached hydrogen (secondary N) is 2. The molecule has 0 aliphatic heterocycles. The van der Waals surface area contributed by atoms with E-state index in [9.17, 15) is 14.4 Å². The van der Waals surface area contributed by atoms with Gasteiger partial charge in [0.15, 0.2) is 0 Å². The zero-order valence-corrected chi connectivity index (χ0v) is 16.7. The van der Waals surface area contributed by atoms with Crippen molar-refractivity contribution in [2.45, 2.75) is 31.5 Å². The molecule has 0 saturated carbocycles. The van der Waals surface area contributed by atoms with Crippen molar-refractivity contribution < 1.29 is 23.9 Å². The summed E-state index contributed by atoms with van der Waals surface area (Å²) >= 11 is 0. The standard InChI is InChI=1S/C23H24N2O5/c1-3-10-19(22(27)29-2)24-21(26)20(15-17-11-6-4-7-12-17)25-23(28)30-16-18-13-8-5-9-14-18/h1,4-9,11-14,19-20H,10,15-16H2,2H3,(H,24,26)(H,25,28)/t19-,20-/m0/s1. The highest BCUT2D eigenvalue weighted by atomic mass is 16.5. The number of amides is 2. The van der Waals surface area contributed by atoms with Crippen molar-refractivity contribution in [3.05, 3.63) is 71.8 Å². The second-order valence-corrected chi connectivity index (χ2v) is 6.44. The first-order valence-corrected chi connectivity index (χ1v) is 9.36. The van der Waals surface area contributed by atoms with Crippen LogP contribution in [-0.4, -0.2) is 37.2 Å². The Morgan fingerprint density at radius 3 is 2.10 bits per heavy atom. The van der Waals surface area contributed by atoms with Gasteiger partial charge in [0.25, 0.3) is 0 Å². The van der Waals surface area contributed by atoms with Gasteiger partial charge in [-0.25, -0.2) is 9.59 Å². The van der Waals surface area contributed by atoms with Crippen LogP contribution in [0, 0.1) is 12.3 Å². The second kappa shape index (κ2) is 11.9. The number of hydrogen-bond acceptors (Lipinski definition) is 5. The van der Waals surface area contributed by atoms with Gasteiger partial charge in [-0.1, -0.05) is 60.7 Å². The maximum atomic E-state index is 12.8. The normalized spacial score (nSPS) is 12.0. The number of methoxy groups -OCH3 is 1. The van der Waals surface area contributed by atoms with E-state index >= 15 is 0 Å². The molecule has 0 aliphatic rings. The van der Waals surface area contributed by atoms with Crippen LogP contribution in [0.2, 0.25) is 0 Å². The number of benzene rings is 2. The van der Waals surface area contributed by atoms with Crippen molar-refractivity contribution in [3.63, 3.8) is 0 Å². The second-order valence-electron chi connectivity index (χ2n) is 6.44. The van der Waals surface area contributed by atoms with Gasteiger partial charge in [0.2, 0.25) is 5.91 Å². The fourth-order valence-corrected chi connectivity index (χ4v) is 2.69. The van der Waals surface area contributed by atoms with E-state index in [-0.39, 0.29) is 19.4 Å². The van der Waals surface area contributed by atoms with E-state index in [1.54, 1.807) is 0 Å². The quantitative estimate of drug-likeness (QED) is 0.490. The van der Waals surface area contributed by atoms with Crippen molar-refractivity contribution in [2.75, 3.05) is 7.11 Å². The Balaban J connectivity index is 2.07. The third kappa shape index (κ3) is 7.32. The first-order chi connectivity index (χ1) is 14.5. The van der Waals surface area contributed by atoms with Gasteiger partial charge in [0.1, 0.15) is 18.7 Å². The fraction of sp³-hybridized carbons (Fsp3) is 0.261. The largest absolute Gasteiger partial charge is 0.467 e. The minimum Gasteiger partial charge on any atom is -0.467 e. The molecule has 7 heteroatoms. The molecular weight excluding hydrogens is 384 g/mol. The number of terminal acetylenes is 1. The van der Waals surface area contributed by atoms with Crippen LogP contribution >= 0.6 is 0 Å². The molecule has 0 heterocycles. The van der Waals surface area contributed by atoms with E-state index in [4.69, 9.17) is 11.2 Å². The molecular formula is C23H24N2O5. The number of esters is 1. The van der Waals surface area contributed by atoms with Crippen LogP contribution < -0.4 is 10.6 Å². The van der Waals surface area contributed by atoms with E-state index in [2.05, 4.69) is 21.3 Å². The lowest BCUT2D eigenvalue weighted by atomic mass is 10.0. The number of hydrogen-bond donors (Lipinski definition) is 2. The van der Waals surface area contributed by atoms with E-state index in [1.807, 2.05) is 60.7 Å². The topological polar surface area (TPSA) is 93.7 Å². The van der Waals surface area contributed by atoms with Crippen LogP contribution in [0.15, 0.2) is 60.7 Å². The molecule has 0 bridgehead atoms. The molecule has 0 aromatic heterocycles. The van der Waals surface area contributed by atoms with Gasteiger partial charge < -0.3 is 20.1 Å². The molecule has 2 aromatic carbocycles. The minimum absolute atomic E-state index is 0.0328. The van der Waals surface area contributed by atoms with Gasteiger partial charge in [-0.15, -0.1) is 12.3 Å². The van der Waals surface area contributed by atoms with E-state index in [0.717, 1.165) is 11.1 Å². The number of carbonyl (C=O) groups excluding carboxylic acids is 3. The first kappa shape index (κ1) is 22.5. The zero-order valence-electron chi connectivity index (χ0n) is 16.7. The van der Waals surface area contributed by atoms with Gasteiger partial charge in [-0.2, -0.15) is 0 Å². The highest BCUT2D eigenvalue weighted by Crippen LogP contribution is 2.06. The Hall–Kier alpha value is -3.79. The molecule has 2 N–H and O–H groups in total. The highest BCUT2D eigenvalue weighted by molar-refractivity contribution is 5.90. The summed E-state index contributed by atoms with van der Waals surface area (Å²) in [6.45, 7) is 0.0637. The Labute approximate surface area is 175 Å². The van der Waals surface area contributed by atoms with Crippen LogP contribution in [-0.2, 0) is 32.1 Å². The molecule has 0 spiro atoms. The van der Waals surface area contributed by atoms with E-state index in [0.29, 0.717) is 0 Å². The summed E-state index contributed by atoms with van der Waals surface area (Å²) in [7, 11) is 1.21. The van der Waals surface area contributed by atoms with Crippen LogP contribution in [0.5, 0.6) is 0 Å². The summed E-state index contributed by atoms with van der Waals surface area (Å²) in [6, 6.07) is 16.4. The smallest absolute Gasteiger partial charge is 0.408 e. The minimum atomic E-state index is -1.01. The van der Waals surface area contributed by atoms with Crippen molar-refractivity contribution in [1.29, 1.82) is 0 Å². The molecule has 0 aliphatic carbocycles. The van der Waals surface area contributed by atoms with Gasteiger partial charge in [0.05, 0.1) is 7.11 Å². The van der Waals surface area contributed by atoms with Crippen LogP contribution in [0.4, 0.5) is 4.79 Å². The van der Waals surface area contributed by atoms with Crippen molar-refractivity contribution in [2.24, 2.45) is 0 Å². The Morgan fingerprint density at radius 1 is 0.933 bits per heavy atom. The highest BCUT2D eigenvalue weighted by Gasteiger charge is 2.27. The summed E-state index contributed by atoms with van der Waals surface area (Å²) in [5.74, 6) is 1.10. The van der Waals surface area contributed by atoms with Crippen LogP contribution in [0.3, 0.4) is 0 Å². The predicted molar refractivity (Wildman–Crippen MR) is 111 cm³/mol. The molecule has 2 aromatic rings. The predicted octanol–water partition coefficient (Wildman–Crippen LogP) is 2.21. The van der Waals surface area contributed by atoms with Crippen molar-refractivity contribution >= 4 is 18.0 Å². The summed E-state index contributed by atoms with van der Waals surface area (Å²) in [4.78, 5) is 36.9. The third-order valence-electron chi connectivity index (χ3n) is 4.23. The monoisotopic (exact) mass is 408 g/mol. The van der Waals surface area contributed by atoms with Gasteiger partial charge in [-0.3, -0.25) is 4.79 Å². The summed E-state index contributed by atoms with van der Waals surface area (Å²) in [5, 5.41) is 5.10. The molecule has 0 radical (unpaired) electrons. The average Bonchev–Trinajstić information content (AvgIpc) is 2.77. The molecule has 2 rings (SSSR count). The molecule has 30 heavy (non-hydrogen) atoms. The number of alkyl carbamates (subject to hydrolysis) is 1. The Morgan fingerprint density at radius 2 is 1.53 bits per heavy atom. The molecule has 156 valence electrons. The van der Waals surface area contributed by atoms with Gasteiger partial charge in [0, 0.05) is 12.8 Å². The number of carbonyl (C=O) groups is 3. The Kier molecular flexibility index (Phi) is 8.94. The van der Waals surface area contributed by atoms with Crippen molar-refractivity contribution in [1.82, 2.24) is 10.6 Å². The Bertz CT molecular complexity index is 877. The number of ether oxygens (including phenoxy) is 2. The van der Waals surface area contributed by atoms with Crippen molar-refractivity contribution in [3.8, 4) is 12.3 Å². The lowest BCUT2D eigenvalue weighted by molar-refractivity contribution is -0.145. The molecule has 2 atom stereocenters. The molecule has 7 nitrogen and oxygen atoms in total. The molecule has 0 fully saturated rings. The van der Waals surface area contributed by atoms with E-state index in [1.165, 1.54) is 7.11 Å². The zero-order chi connectivity index (χ0) is 21.8. The van der Waals surface area contributed by atoms with Crippen LogP contribution in [0.25, 0.3) is 0 Å². The first-order valence-electron chi connectivity index (χ1n) is 9.36. The summed E-state index contributed by atoms with van der Waals surface area (Å²) in [5.41, 5.74) is 1.64. The fourth-order valence-electron chi connectivity index (χ4n) is 2.69. The summed E-state index contributed by atoms with van der Waals surface area (Å²) in [6.07, 6.45) is 4.70.